The first-order valence-electron chi connectivity index (χ1n) is 6.71. The van der Waals surface area contributed by atoms with E-state index in [2.05, 4.69) is 6.92 Å². The molecule has 0 amide bonds. The Kier molecular flexibility index (Phi) is 10.0. The van der Waals surface area contributed by atoms with Crippen molar-refractivity contribution in [1.29, 1.82) is 0 Å². The average molecular weight is 256 g/mol. The Morgan fingerprint density at radius 3 is 2.33 bits per heavy atom. The van der Waals surface area contributed by atoms with Crippen LogP contribution in [-0.2, 0) is 14.3 Å². The molecule has 0 spiro atoms. The minimum Gasteiger partial charge on any atom is -0.478 e. The summed E-state index contributed by atoms with van der Waals surface area (Å²) in [6.07, 6.45) is 9.18. The monoisotopic (exact) mass is 256 g/mol. The number of esters is 1. The molecule has 0 bridgehead atoms. The van der Waals surface area contributed by atoms with Gasteiger partial charge in [-0.2, -0.15) is 0 Å². The molecule has 0 fully saturated rings. The summed E-state index contributed by atoms with van der Waals surface area (Å²) in [7, 11) is 0. The zero-order chi connectivity index (χ0) is 13.8. The van der Waals surface area contributed by atoms with E-state index < -0.39 is 11.9 Å². The van der Waals surface area contributed by atoms with E-state index in [1.54, 1.807) is 0 Å². The van der Waals surface area contributed by atoms with Crippen LogP contribution < -0.4 is 0 Å². The van der Waals surface area contributed by atoms with Gasteiger partial charge in [-0.05, 0) is 19.3 Å². The SMILES string of the molecule is CCCCCCCC(CC)OC(=O)/C=C\C(=O)O. The fourth-order valence-corrected chi connectivity index (χ4v) is 1.66. The maximum Gasteiger partial charge on any atom is 0.331 e. The maximum absolute atomic E-state index is 11.3. The summed E-state index contributed by atoms with van der Waals surface area (Å²) < 4.78 is 5.17. The molecule has 0 aliphatic rings. The first-order chi connectivity index (χ1) is 8.60. The topological polar surface area (TPSA) is 63.6 Å². The molecule has 0 aliphatic heterocycles. The number of hydrogen-bond acceptors (Lipinski definition) is 3. The van der Waals surface area contributed by atoms with Crippen LogP contribution in [0.3, 0.4) is 0 Å². The van der Waals surface area contributed by atoms with Crippen LogP contribution in [0.5, 0.6) is 0 Å². The Labute approximate surface area is 109 Å². The van der Waals surface area contributed by atoms with Crippen molar-refractivity contribution in [3.05, 3.63) is 12.2 Å². The van der Waals surface area contributed by atoms with Crippen LogP contribution in [0.2, 0.25) is 0 Å². The van der Waals surface area contributed by atoms with Crippen LogP contribution >= 0.6 is 0 Å². The van der Waals surface area contributed by atoms with Gasteiger partial charge in [-0.3, -0.25) is 0 Å². The standard InChI is InChI=1S/C14H24O4/c1-3-5-6-7-8-9-12(4-2)18-14(17)11-10-13(15)16/h10-12H,3-9H2,1-2H3,(H,15,16)/b11-10-. The summed E-state index contributed by atoms with van der Waals surface area (Å²) in [6.45, 7) is 4.14. The number of rotatable bonds is 10. The van der Waals surface area contributed by atoms with Crippen LogP contribution in [-0.4, -0.2) is 23.1 Å². The lowest BCUT2D eigenvalue weighted by atomic mass is 10.1. The lowest BCUT2D eigenvalue weighted by molar-refractivity contribution is -0.144. The van der Waals surface area contributed by atoms with Gasteiger partial charge in [0.15, 0.2) is 0 Å². The van der Waals surface area contributed by atoms with Crippen molar-refractivity contribution in [3.63, 3.8) is 0 Å². The highest BCUT2D eigenvalue weighted by Crippen LogP contribution is 2.12. The molecule has 0 aromatic heterocycles. The average Bonchev–Trinajstić information content (AvgIpc) is 2.34. The van der Waals surface area contributed by atoms with E-state index >= 15 is 0 Å². The molecule has 0 saturated heterocycles. The van der Waals surface area contributed by atoms with Crippen LogP contribution in [0, 0.1) is 0 Å². The number of carbonyl (C=O) groups is 2. The number of carbonyl (C=O) groups excluding carboxylic acids is 1. The van der Waals surface area contributed by atoms with E-state index in [1.807, 2.05) is 6.92 Å². The summed E-state index contributed by atoms with van der Waals surface area (Å²) in [5, 5.41) is 8.38. The van der Waals surface area contributed by atoms with E-state index in [0.717, 1.165) is 37.8 Å². The predicted octanol–water partition coefficient (Wildman–Crippen LogP) is 3.31. The predicted molar refractivity (Wildman–Crippen MR) is 70.3 cm³/mol. The van der Waals surface area contributed by atoms with Crippen molar-refractivity contribution in [2.45, 2.75) is 64.9 Å². The smallest absolute Gasteiger partial charge is 0.331 e. The van der Waals surface area contributed by atoms with Gasteiger partial charge in [0.2, 0.25) is 0 Å². The van der Waals surface area contributed by atoms with E-state index in [-0.39, 0.29) is 6.10 Å². The van der Waals surface area contributed by atoms with Crippen LogP contribution in [0.4, 0.5) is 0 Å². The molecule has 0 aliphatic carbocycles. The molecule has 4 nitrogen and oxygen atoms in total. The van der Waals surface area contributed by atoms with Crippen LogP contribution in [0.15, 0.2) is 12.2 Å². The largest absolute Gasteiger partial charge is 0.478 e. The maximum atomic E-state index is 11.3. The zero-order valence-electron chi connectivity index (χ0n) is 11.4. The normalized spacial score (nSPS) is 12.6. The summed E-state index contributed by atoms with van der Waals surface area (Å²) in [4.78, 5) is 21.5. The molecule has 1 N–H and O–H groups in total. The molecule has 18 heavy (non-hydrogen) atoms. The fraction of sp³-hybridized carbons (Fsp3) is 0.714. The van der Waals surface area contributed by atoms with Gasteiger partial charge >= 0.3 is 11.9 Å². The van der Waals surface area contributed by atoms with Crippen molar-refractivity contribution in [3.8, 4) is 0 Å². The molecule has 0 heterocycles. The van der Waals surface area contributed by atoms with Gasteiger partial charge < -0.3 is 9.84 Å². The number of aliphatic carboxylic acids is 1. The molecule has 4 heteroatoms. The highest BCUT2D eigenvalue weighted by Gasteiger charge is 2.10. The fourth-order valence-electron chi connectivity index (χ4n) is 1.66. The molecule has 0 rings (SSSR count). The molecule has 0 radical (unpaired) electrons. The third-order valence-electron chi connectivity index (χ3n) is 2.73. The van der Waals surface area contributed by atoms with Gasteiger partial charge in [-0.25, -0.2) is 9.59 Å². The number of hydrogen-bond donors (Lipinski definition) is 1. The molecule has 0 aromatic carbocycles. The second-order valence-electron chi connectivity index (χ2n) is 4.34. The summed E-state index contributed by atoms with van der Waals surface area (Å²) in [6, 6.07) is 0. The lowest BCUT2D eigenvalue weighted by Crippen LogP contribution is -2.16. The quantitative estimate of drug-likeness (QED) is 0.370. The van der Waals surface area contributed by atoms with E-state index in [1.165, 1.54) is 19.3 Å². The van der Waals surface area contributed by atoms with Gasteiger partial charge in [-0.15, -0.1) is 0 Å². The molecular formula is C14H24O4. The third kappa shape index (κ3) is 9.87. The molecule has 1 atom stereocenters. The summed E-state index contributed by atoms with van der Waals surface area (Å²) in [5.41, 5.74) is 0. The van der Waals surface area contributed by atoms with Gasteiger partial charge in [0.05, 0.1) is 0 Å². The second kappa shape index (κ2) is 10.8. The van der Waals surface area contributed by atoms with Crippen LogP contribution in [0.25, 0.3) is 0 Å². The Morgan fingerprint density at radius 2 is 1.78 bits per heavy atom. The van der Waals surface area contributed by atoms with Gasteiger partial charge in [0, 0.05) is 12.2 Å². The second-order valence-corrected chi connectivity index (χ2v) is 4.34. The number of carboxylic acids is 1. The number of carboxylic acid groups (broad SMARTS) is 1. The molecule has 0 saturated carbocycles. The molecule has 0 aromatic rings. The zero-order valence-corrected chi connectivity index (χ0v) is 11.4. The molecular weight excluding hydrogens is 232 g/mol. The van der Waals surface area contributed by atoms with Crippen molar-refractivity contribution in [2.75, 3.05) is 0 Å². The number of unbranched alkanes of at least 4 members (excludes halogenated alkanes) is 4. The lowest BCUT2D eigenvalue weighted by Gasteiger charge is -2.14. The van der Waals surface area contributed by atoms with Crippen molar-refractivity contribution >= 4 is 11.9 Å². The highest BCUT2D eigenvalue weighted by atomic mass is 16.5. The van der Waals surface area contributed by atoms with Crippen LogP contribution in [0.1, 0.15) is 58.8 Å². The minimum absolute atomic E-state index is 0.0995. The van der Waals surface area contributed by atoms with Crippen molar-refractivity contribution in [2.24, 2.45) is 0 Å². The summed E-state index contributed by atoms with van der Waals surface area (Å²) in [5.74, 6) is -1.71. The minimum atomic E-state index is -1.14. The Bertz CT molecular complexity index is 271. The van der Waals surface area contributed by atoms with Gasteiger partial charge in [0.25, 0.3) is 0 Å². The first-order valence-corrected chi connectivity index (χ1v) is 6.71. The highest BCUT2D eigenvalue weighted by molar-refractivity contribution is 5.90. The van der Waals surface area contributed by atoms with Crippen molar-refractivity contribution in [1.82, 2.24) is 0 Å². The van der Waals surface area contributed by atoms with E-state index in [0.29, 0.717) is 0 Å². The summed E-state index contributed by atoms with van der Waals surface area (Å²) >= 11 is 0. The molecule has 1 unspecified atom stereocenters. The Morgan fingerprint density at radius 1 is 1.11 bits per heavy atom. The molecule has 104 valence electrons. The van der Waals surface area contributed by atoms with Gasteiger partial charge in [0.1, 0.15) is 6.10 Å². The third-order valence-corrected chi connectivity index (χ3v) is 2.73. The van der Waals surface area contributed by atoms with Gasteiger partial charge in [-0.1, -0.05) is 39.5 Å². The number of ether oxygens (including phenoxy) is 1. The Hall–Kier alpha value is -1.32. The van der Waals surface area contributed by atoms with E-state index in [9.17, 15) is 9.59 Å². The van der Waals surface area contributed by atoms with Crippen molar-refractivity contribution < 1.29 is 19.4 Å². The first kappa shape index (κ1) is 16.7. The van der Waals surface area contributed by atoms with E-state index in [4.69, 9.17) is 9.84 Å². The Balaban J connectivity index is 3.81.